The summed E-state index contributed by atoms with van der Waals surface area (Å²) in [6, 6.07) is 20.3. The van der Waals surface area contributed by atoms with Gasteiger partial charge in [0.05, 0.1) is 12.2 Å². The Kier molecular flexibility index (Phi) is 5.41. The minimum absolute atomic E-state index is 0.147. The van der Waals surface area contributed by atoms with E-state index in [2.05, 4.69) is 5.32 Å². The van der Waals surface area contributed by atoms with Crippen LogP contribution in [0.3, 0.4) is 0 Å². The van der Waals surface area contributed by atoms with Gasteiger partial charge < -0.3 is 5.32 Å². The second kappa shape index (κ2) is 8.04. The number of aryl methyl sites for hydroxylation is 2. The number of ketones is 1. The third-order valence-corrected chi connectivity index (χ3v) is 7.38. The quantitative estimate of drug-likeness (QED) is 0.583. The number of rotatable bonds is 4. The molecule has 0 saturated carbocycles. The van der Waals surface area contributed by atoms with Crippen molar-refractivity contribution in [3.8, 4) is 0 Å². The highest BCUT2D eigenvalue weighted by Gasteiger charge is 2.40. The number of fused-ring (bicyclic) bond motifs is 1. The monoisotopic (exact) mass is 432 g/mol. The third-order valence-electron chi connectivity index (χ3n) is 5.62. The number of benzene rings is 3. The molecule has 0 radical (unpaired) electrons. The van der Waals surface area contributed by atoms with Gasteiger partial charge in [0.1, 0.15) is 0 Å². The molecule has 4 rings (SSSR count). The first kappa shape index (κ1) is 20.9. The number of nitrogens with one attached hydrogen (secondary N) is 1. The van der Waals surface area contributed by atoms with Gasteiger partial charge in [-0.15, -0.1) is 0 Å². The van der Waals surface area contributed by atoms with Crippen LogP contribution in [0.5, 0.6) is 0 Å². The van der Waals surface area contributed by atoms with E-state index in [1.165, 1.54) is 10.5 Å². The van der Waals surface area contributed by atoms with Crippen LogP contribution in [0.15, 0.2) is 77.8 Å². The first-order valence-corrected chi connectivity index (χ1v) is 11.5. The Bertz CT molecular complexity index is 1290. The molecule has 3 aromatic rings. The molecular formula is C25H24N2O3S. The van der Waals surface area contributed by atoms with Gasteiger partial charge in [-0.3, -0.25) is 9.10 Å². The summed E-state index contributed by atoms with van der Waals surface area (Å²) >= 11 is 0. The normalized spacial score (nSPS) is 16.3. The molecule has 158 valence electrons. The van der Waals surface area contributed by atoms with Crippen LogP contribution < -0.4 is 9.62 Å². The highest BCUT2D eigenvalue weighted by atomic mass is 32.2. The molecule has 5 nitrogen and oxygen atoms in total. The maximum absolute atomic E-state index is 13.5. The summed E-state index contributed by atoms with van der Waals surface area (Å²) in [6.45, 7) is 6.06. The van der Waals surface area contributed by atoms with Crippen molar-refractivity contribution in [2.45, 2.75) is 27.3 Å². The number of sulfonamides is 1. The minimum atomic E-state index is -4.05. The predicted octanol–water partition coefficient (Wildman–Crippen LogP) is 5.10. The Morgan fingerprint density at radius 1 is 0.903 bits per heavy atom. The standard InChI is InChI=1S/C25H24N2O3S/c1-17-11-13-20(14-12-17)16-27-23-10-5-4-8-21(23)25(28)24(31(27,29)30)15-26-22-9-6-7-18(2)19(22)3/h4-15,26H,16H2,1-3H3/b24-15+. The van der Waals surface area contributed by atoms with Crippen LogP contribution in [0.25, 0.3) is 0 Å². The number of hydrogen-bond donors (Lipinski definition) is 1. The summed E-state index contributed by atoms with van der Waals surface area (Å²) in [7, 11) is -4.05. The number of carbonyl (C=O) groups excluding carboxylic acids is 1. The van der Waals surface area contributed by atoms with E-state index in [1.54, 1.807) is 24.3 Å². The van der Waals surface area contributed by atoms with Gasteiger partial charge >= 0.3 is 0 Å². The van der Waals surface area contributed by atoms with Crippen LogP contribution in [0.4, 0.5) is 11.4 Å². The molecule has 1 N–H and O–H groups in total. The highest BCUT2D eigenvalue weighted by Crippen LogP contribution is 2.36. The summed E-state index contributed by atoms with van der Waals surface area (Å²) in [4.78, 5) is 12.9. The number of hydrogen-bond acceptors (Lipinski definition) is 4. The van der Waals surface area contributed by atoms with Crippen molar-refractivity contribution in [3.05, 3.63) is 106 Å². The molecule has 1 aliphatic heterocycles. The molecule has 31 heavy (non-hydrogen) atoms. The van der Waals surface area contributed by atoms with Gasteiger partial charge in [-0.25, -0.2) is 8.42 Å². The van der Waals surface area contributed by atoms with Gasteiger partial charge in [0, 0.05) is 17.5 Å². The van der Waals surface area contributed by atoms with Gasteiger partial charge in [-0.2, -0.15) is 0 Å². The first-order valence-electron chi connectivity index (χ1n) is 10.0. The number of nitrogens with zero attached hydrogens (tertiary/aromatic N) is 1. The Morgan fingerprint density at radius 2 is 1.61 bits per heavy atom. The lowest BCUT2D eigenvalue weighted by molar-refractivity contribution is 0.104. The van der Waals surface area contributed by atoms with Crippen molar-refractivity contribution in [3.63, 3.8) is 0 Å². The Morgan fingerprint density at radius 3 is 2.35 bits per heavy atom. The van der Waals surface area contributed by atoms with E-state index in [4.69, 9.17) is 0 Å². The van der Waals surface area contributed by atoms with Crippen LogP contribution in [0.1, 0.15) is 32.6 Å². The summed E-state index contributed by atoms with van der Waals surface area (Å²) in [5, 5.41) is 3.04. The SMILES string of the molecule is Cc1ccc(CN2c3ccccc3C(=O)/C(=C\Nc3cccc(C)c3C)S2(=O)=O)cc1. The minimum Gasteiger partial charge on any atom is -0.360 e. The molecule has 3 aromatic carbocycles. The number of anilines is 2. The lowest BCUT2D eigenvalue weighted by atomic mass is 10.1. The smallest absolute Gasteiger partial charge is 0.270 e. The van der Waals surface area contributed by atoms with E-state index in [0.29, 0.717) is 11.3 Å². The fraction of sp³-hybridized carbons (Fsp3) is 0.160. The van der Waals surface area contributed by atoms with Gasteiger partial charge in [0.2, 0.25) is 5.78 Å². The molecule has 0 spiro atoms. The van der Waals surface area contributed by atoms with Crippen LogP contribution in [-0.4, -0.2) is 14.2 Å². The molecule has 0 aliphatic carbocycles. The van der Waals surface area contributed by atoms with Crippen molar-refractivity contribution < 1.29 is 13.2 Å². The van der Waals surface area contributed by atoms with Crippen molar-refractivity contribution in [1.82, 2.24) is 0 Å². The van der Waals surface area contributed by atoms with Gasteiger partial charge in [-0.1, -0.05) is 54.1 Å². The van der Waals surface area contributed by atoms with Crippen LogP contribution in [-0.2, 0) is 16.6 Å². The molecule has 0 saturated heterocycles. The van der Waals surface area contributed by atoms with Gasteiger partial charge in [0.25, 0.3) is 10.0 Å². The Hall–Kier alpha value is -3.38. The summed E-state index contributed by atoms with van der Waals surface area (Å²) in [5.74, 6) is -0.506. The van der Waals surface area contributed by atoms with Crippen molar-refractivity contribution in [1.29, 1.82) is 0 Å². The third kappa shape index (κ3) is 3.86. The summed E-state index contributed by atoms with van der Waals surface area (Å²) < 4.78 is 28.4. The van der Waals surface area contributed by atoms with Crippen molar-refractivity contribution >= 4 is 27.2 Å². The fourth-order valence-electron chi connectivity index (χ4n) is 3.60. The summed E-state index contributed by atoms with van der Waals surface area (Å²) in [6.07, 6.45) is 1.32. The lowest BCUT2D eigenvalue weighted by Gasteiger charge is -2.31. The number of Topliss-reactive ketones (excluding diaryl/α,β-unsaturated/α-hetero) is 1. The number of allylic oxidation sites excluding steroid dienone is 1. The number of para-hydroxylation sites is 1. The second-order valence-electron chi connectivity index (χ2n) is 7.74. The van der Waals surface area contributed by atoms with Crippen molar-refractivity contribution in [2.24, 2.45) is 0 Å². The Balaban J connectivity index is 1.79. The van der Waals surface area contributed by atoms with E-state index in [1.807, 2.05) is 63.2 Å². The number of carbonyl (C=O) groups is 1. The maximum atomic E-state index is 13.5. The van der Waals surface area contributed by atoms with Crippen LogP contribution in [0.2, 0.25) is 0 Å². The molecule has 6 heteroatoms. The average molecular weight is 433 g/mol. The molecule has 1 heterocycles. The largest absolute Gasteiger partial charge is 0.360 e. The van der Waals surface area contributed by atoms with Gasteiger partial charge in [-0.05, 0) is 55.7 Å². The predicted molar refractivity (Wildman–Crippen MR) is 125 cm³/mol. The molecule has 0 unspecified atom stereocenters. The van der Waals surface area contributed by atoms with Gasteiger partial charge in [0.15, 0.2) is 4.91 Å². The van der Waals surface area contributed by atoms with E-state index in [9.17, 15) is 13.2 Å². The topological polar surface area (TPSA) is 66.5 Å². The zero-order valence-corrected chi connectivity index (χ0v) is 18.5. The molecule has 1 aliphatic rings. The molecule has 0 amide bonds. The average Bonchev–Trinajstić information content (AvgIpc) is 2.75. The van der Waals surface area contributed by atoms with E-state index in [0.717, 1.165) is 27.9 Å². The van der Waals surface area contributed by atoms with E-state index in [-0.39, 0.29) is 11.4 Å². The Labute approximate surface area is 183 Å². The van der Waals surface area contributed by atoms with E-state index >= 15 is 0 Å². The molecule has 0 fully saturated rings. The highest BCUT2D eigenvalue weighted by molar-refractivity contribution is 7.97. The summed E-state index contributed by atoms with van der Waals surface area (Å²) in [5.41, 5.74) is 5.55. The van der Waals surface area contributed by atoms with Crippen LogP contribution >= 0.6 is 0 Å². The molecular weight excluding hydrogens is 408 g/mol. The van der Waals surface area contributed by atoms with Crippen molar-refractivity contribution in [2.75, 3.05) is 9.62 Å². The fourth-order valence-corrected chi connectivity index (χ4v) is 5.13. The maximum Gasteiger partial charge on any atom is 0.270 e. The van der Waals surface area contributed by atoms with Crippen LogP contribution in [0, 0.1) is 20.8 Å². The molecule has 0 aromatic heterocycles. The zero-order chi connectivity index (χ0) is 22.2. The first-order chi connectivity index (χ1) is 14.8. The second-order valence-corrected chi connectivity index (χ2v) is 9.57. The van der Waals surface area contributed by atoms with E-state index < -0.39 is 15.8 Å². The lowest BCUT2D eigenvalue weighted by Crippen LogP contribution is -2.39. The molecule has 0 atom stereocenters. The zero-order valence-electron chi connectivity index (χ0n) is 17.7. The molecule has 0 bridgehead atoms.